The maximum absolute atomic E-state index is 13.0. The van der Waals surface area contributed by atoms with Crippen LogP contribution in [-0.4, -0.2) is 66.0 Å². The SMILES string of the molecule is Cc1ccc(C(=O)NCc2cc3nc(-c4cccc(N5C[C@@H](C)O[C@@H](C)C5)n4)ccc3cn2)cc1C1COCCO1. The molecule has 0 saturated carbocycles. The normalized spacial score (nSPS) is 21.1. The molecule has 41 heavy (non-hydrogen) atoms. The fourth-order valence-electron chi connectivity index (χ4n) is 5.47. The van der Waals surface area contributed by atoms with E-state index in [0.29, 0.717) is 25.4 Å². The van der Waals surface area contributed by atoms with Crippen LogP contribution in [0.15, 0.2) is 60.8 Å². The number of anilines is 1. The molecule has 2 aliphatic rings. The van der Waals surface area contributed by atoms with Gasteiger partial charge in [0.1, 0.15) is 11.9 Å². The van der Waals surface area contributed by atoms with E-state index in [1.54, 1.807) is 6.20 Å². The Hall–Kier alpha value is -3.92. The van der Waals surface area contributed by atoms with Crippen molar-refractivity contribution in [3.05, 3.63) is 83.2 Å². The third-order valence-corrected chi connectivity index (χ3v) is 7.50. The van der Waals surface area contributed by atoms with Crippen molar-refractivity contribution in [1.29, 1.82) is 0 Å². The van der Waals surface area contributed by atoms with Crippen molar-refractivity contribution in [2.45, 2.75) is 45.6 Å². The average Bonchev–Trinajstić information content (AvgIpc) is 2.99. The fourth-order valence-corrected chi connectivity index (χ4v) is 5.47. The third-order valence-electron chi connectivity index (χ3n) is 7.50. The Morgan fingerprint density at radius 3 is 2.63 bits per heavy atom. The number of benzene rings is 1. The maximum Gasteiger partial charge on any atom is 0.251 e. The zero-order chi connectivity index (χ0) is 28.3. The van der Waals surface area contributed by atoms with E-state index in [2.05, 4.69) is 29.0 Å². The molecule has 0 bridgehead atoms. The van der Waals surface area contributed by atoms with Gasteiger partial charge in [0.25, 0.3) is 5.91 Å². The Morgan fingerprint density at radius 1 is 1.00 bits per heavy atom. The summed E-state index contributed by atoms with van der Waals surface area (Å²) in [6, 6.07) is 17.6. The molecule has 0 aliphatic carbocycles. The molecule has 5 heterocycles. The van der Waals surface area contributed by atoms with Gasteiger partial charge in [-0.2, -0.15) is 0 Å². The van der Waals surface area contributed by atoms with Gasteiger partial charge in [-0.15, -0.1) is 0 Å². The molecule has 212 valence electrons. The number of hydrogen-bond acceptors (Lipinski definition) is 8. The lowest BCUT2D eigenvalue weighted by Gasteiger charge is -2.36. The van der Waals surface area contributed by atoms with Gasteiger partial charge in [0.15, 0.2) is 0 Å². The molecule has 1 N–H and O–H groups in total. The summed E-state index contributed by atoms with van der Waals surface area (Å²) in [5, 5.41) is 3.92. The highest BCUT2D eigenvalue weighted by Gasteiger charge is 2.24. The Bertz CT molecular complexity index is 1540. The number of ether oxygens (including phenoxy) is 3. The maximum atomic E-state index is 13.0. The second-order valence-corrected chi connectivity index (χ2v) is 10.8. The summed E-state index contributed by atoms with van der Waals surface area (Å²) >= 11 is 0. The number of morpholine rings is 1. The first-order chi connectivity index (χ1) is 19.9. The lowest BCUT2D eigenvalue weighted by atomic mass is 10.00. The van der Waals surface area contributed by atoms with E-state index in [9.17, 15) is 4.79 Å². The number of aromatic nitrogens is 3. The summed E-state index contributed by atoms with van der Waals surface area (Å²) in [4.78, 5) is 29.7. The molecule has 2 saturated heterocycles. The van der Waals surface area contributed by atoms with E-state index in [1.807, 2.05) is 61.5 Å². The van der Waals surface area contributed by atoms with E-state index in [-0.39, 0.29) is 30.8 Å². The number of amides is 1. The Labute approximate surface area is 239 Å². The van der Waals surface area contributed by atoms with E-state index in [0.717, 1.165) is 58.0 Å². The Balaban J connectivity index is 1.17. The molecule has 2 fully saturated rings. The molecule has 2 aliphatic heterocycles. The first kappa shape index (κ1) is 27.3. The van der Waals surface area contributed by atoms with Crippen LogP contribution in [0, 0.1) is 6.92 Å². The van der Waals surface area contributed by atoms with Crippen LogP contribution in [0.4, 0.5) is 5.82 Å². The molecule has 1 amide bonds. The number of fused-ring (bicyclic) bond motifs is 1. The zero-order valence-corrected chi connectivity index (χ0v) is 23.7. The molecule has 6 rings (SSSR count). The van der Waals surface area contributed by atoms with Gasteiger partial charge in [0, 0.05) is 30.2 Å². The van der Waals surface area contributed by atoms with Crippen LogP contribution >= 0.6 is 0 Å². The third kappa shape index (κ3) is 6.22. The standard InChI is InChI=1S/C32H35N5O4/c1-20-7-8-23(13-26(20)30-19-39-11-12-40-30)32(38)34-16-25-14-29-24(15-33-25)9-10-28(35-29)27-5-4-6-31(36-27)37-17-21(2)41-22(3)18-37/h4-10,13-15,21-22,30H,11-12,16-19H2,1-3H3,(H,34,38)/t21-,22+,30?. The molecule has 9 nitrogen and oxygen atoms in total. The van der Waals surface area contributed by atoms with Crippen LogP contribution in [0.2, 0.25) is 0 Å². The van der Waals surface area contributed by atoms with Crippen molar-refractivity contribution in [1.82, 2.24) is 20.3 Å². The number of aryl methyl sites for hydroxylation is 1. The van der Waals surface area contributed by atoms with Crippen LogP contribution < -0.4 is 10.2 Å². The van der Waals surface area contributed by atoms with Gasteiger partial charge in [-0.25, -0.2) is 9.97 Å². The van der Waals surface area contributed by atoms with Crippen molar-refractivity contribution in [2.75, 3.05) is 37.8 Å². The number of hydrogen-bond donors (Lipinski definition) is 1. The molecule has 0 radical (unpaired) electrons. The first-order valence-corrected chi connectivity index (χ1v) is 14.1. The lowest BCUT2D eigenvalue weighted by molar-refractivity contribution is -0.0903. The largest absolute Gasteiger partial charge is 0.376 e. The minimum absolute atomic E-state index is 0.156. The van der Waals surface area contributed by atoms with Crippen LogP contribution in [-0.2, 0) is 20.8 Å². The lowest BCUT2D eigenvalue weighted by Crippen LogP contribution is -2.45. The molecule has 9 heteroatoms. The van der Waals surface area contributed by atoms with Gasteiger partial charge in [-0.05, 0) is 74.4 Å². The number of nitrogens with one attached hydrogen (secondary N) is 1. The first-order valence-electron chi connectivity index (χ1n) is 14.1. The molecule has 0 spiro atoms. The van der Waals surface area contributed by atoms with Crippen LogP contribution in [0.25, 0.3) is 22.3 Å². The molecular formula is C32H35N5O4. The summed E-state index contributed by atoms with van der Waals surface area (Å²) in [6.45, 7) is 9.74. The predicted molar refractivity (Wildman–Crippen MR) is 157 cm³/mol. The van der Waals surface area contributed by atoms with Crippen molar-refractivity contribution < 1.29 is 19.0 Å². The molecular weight excluding hydrogens is 518 g/mol. The number of rotatable bonds is 6. The number of carbonyl (C=O) groups is 1. The van der Waals surface area contributed by atoms with Gasteiger partial charge >= 0.3 is 0 Å². The topological polar surface area (TPSA) is 98.7 Å². The predicted octanol–water partition coefficient (Wildman–Crippen LogP) is 4.63. The minimum Gasteiger partial charge on any atom is -0.376 e. The van der Waals surface area contributed by atoms with E-state index in [4.69, 9.17) is 24.2 Å². The minimum atomic E-state index is -0.167. The monoisotopic (exact) mass is 553 g/mol. The molecule has 3 aromatic heterocycles. The summed E-state index contributed by atoms with van der Waals surface area (Å²) in [5.41, 5.74) is 5.76. The van der Waals surface area contributed by atoms with Gasteiger partial charge < -0.3 is 24.4 Å². The van der Waals surface area contributed by atoms with E-state index in [1.165, 1.54) is 0 Å². The van der Waals surface area contributed by atoms with Crippen molar-refractivity contribution >= 4 is 22.6 Å². The number of carbonyl (C=O) groups excluding carboxylic acids is 1. The highest BCUT2D eigenvalue weighted by molar-refractivity contribution is 5.94. The summed E-state index contributed by atoms with van der Waals surface area (Å²) < 4.78 is 17.3. The molecule has 3 atom stereocenters. The summed E-state index contributed by atoms with van der Waals surface area (Å²) in [6.07, 6.45) is 1.94. The molecule has 4 aromatic rings. The smallest absolute Gasteiger partial charge is 0.251 e. The Kier molecular flexibility index (Phi) is 7.91. The van der Waals surface area contributed by atoms with E-state index >= 15 is 0 Å². The highest BCUT2D eigenvalue weighted by atomic mass is 16.6. The number of pyridine rings is 3. The van der Waals surface area contributed by atoms with Crippen LogP contribution in [0.1, 0.15) is 47.1 Å². The summed E-state index contributed by atoms with van der Waals surface area (Å²) in [7, 11) is 0. The van der Waals surface area contributed by atoms with Gasteiger partial charge in [0.2, 0.25) is 0 Å². The summed E-state index contributed by atoms with van der Waals surface area (Å²) in [5.74, 6) is 0.755. The van der Waals surface area contributed by atoms with Crippen molar-refractivity contribution in [2.24, 2.45) is 0 Å². The second-order valence-electron chi connectivity index (χ2n) is 10.8. The molecule has 1 unspecified atom stereocenters. The van der Waals surface area contributed by atoms with Crippen LogP contribution in [0.5, 0.6) is 0 Å². The van der Waals surface area contributed by atoms with E-state index < -0.39 is 0 Å². The van der Waals surface area contributed by atoms with Crippen LogP contribution in [0.3, 0.4) is 0 Å². The highest BCUT2D eigenvalue weighted by Crippen LogP contribution is 2.26. The van der Waals surface area contributed by atoms with Gasteiger partial charge in [-0.1, -0.05) is 12.1 Å². The Morgan fingerprint density at radius 2 is 1.83 bits per heavy atom. The van der Waals surface area contributed by atoms with Gasteiger partial charge in [-0.3, -0.25) is 9.78 Å². The quantitative estimate of drug-likeness (QED) is 0.369. The fraction of sp³-hybridized carbons (Fsp3) is 0.375. The van der Waals surface area contributed by atoms with Crippen molar-refractivity contribution in [3.63, 3.8) is 0 Å². The molecule has 1 aromatic carbocycles. The second kappa shape index (κ2) is 11.9. The van der Waals surface area contributed by atoms with Gasteiger partial charge in [0.05, 0.1) is 61.2 Å². The van der Waals surface area contributed by atoms with Crippen molar-refractivity contribution in [3.8, 4) is 11.4 Å². The number of nitrogens with zero attached hydrogens (tertiary/aromatic N) is 4. The average molecular weight is 554 g/mol. The zero-order valence-electron chi connectivity index (χ0n) is 23.7.